The van der Waals surface area contributed by atoms with E-state index in [4.69, 9.17) is 22.1 Å². The van der Waals surface area contributed by atoms with E-state index in [9.17, 15) is 4.79 Å². The van der Waals surface area contributed by atoms with Crippen LogP contribution in [0.4, 0.5) is 5.69 Å². The van der Waals surface area contributed by atoms with Gasteiger partial charge in [-0.05, 0) is 51.0 Å². The Kier molecular flexibility index (Phi) is 4.40. The minimum Gasteiger partial charge on any atom is -0.460 e. The lowest BCUT2D eigenvalue weighted by Crippen LogP contribution is -2.24. The molecule has 1 rings (SSSR count). The van der Waals surface area contributed by atoms with E-state index in [1.807, 2.05) is 20.8 Å². The highest BCUT2D eigenvalue weighted by molar-refractivity contribution is 6.31. The summed E-state index contributed by atoms with van der Waals surface area (Å²) >= 11 is 6.01. The van der Waals surface area contributed by atoms with E-state index in [1.165, 1.54) is 0 Å². The summed E-state index contributed by atoms with van der Waals surface area (Å²) < 4.78 is 5.22. The number of hydrogen-bond donors (Lipinski definition) is 1. The average molecular weight is 256 g/mol. The van der Waals surface area contributed by atoms with Crippen LogP contribution >= 0.6 is 11.6 Å². The van der Waals surface area contributed by atoms with Crippen molar-refractivity contribution < 1.29 is 9.53 Å². The second kappa shape index (κ2) is 5.41. The van der Waals surface area contributed by atoms with Gasteiger partial charge in [-0.25, -0.2) is 0 Å². The first kappa shape index (κ1) is 13.8. The van der Waals surface area contributed by atoms with Crippen molar-refractivity contribution in [2.24, 2.45) is 0 Å². The fraction of sp³-hybridized carbons (Fsp3) is 0.462. The van der Waals surface area contributed by atoms with Crippen LogP contribution in [-0.4, -0.2) is 11.6 Å². The van der Waals surface area contributed by atoms with Gasteiger partial charge in [0.25, 0.3) is 0 Å². The standard InChI is InChI=1S/C13H18ClNO2/c1-13(2,3)17-12(16)7-4-9-8-10(15)5-6-11(9)14/h5-6,8H,4,7,15H2,1-3H3. The summed E-state index contributed by atoms with van der Waals surface area (Å²) in [4.78, 5) is 11.5. The summed E-state index contributed by atoms with van der Waals surface area (Å²) in [7, 11) is 0. The molecular formula is C13H18ClNO2. The topological polar surface area (TPSA) is 52.3 Å². The number of nitrogens with two attached hydrogens (primary N) is 1. The number of aryl methyl sites for hydroxylation is 1. The van der Waals surface area contributed by atoms with E-state index in [0.29, 0.717) is 23.6 Å². The number of rotatable bonds is 3. The van der Waals surface area contributed by atoms with Gasteiger partial charge in [-0.15, -0.1) is 0 Å². The van der Waals surface area contributed by atoms with Crippen LogP contribution in [0.3, 0.4) is 0 Å². The fourth-order valence-electron chi connectivity index (χ4n) is 1.42. The van der Waals surface area contributed by atoms with Crippen molar-refractivity contribution in [3.8, 4) is 0 Å². The first-order valence-corrected chi connectivity index (χ1v) is 5.91. The molecule has 0 heterocycles. The SMILES string of the molecule is CC(C)(C)OC(=O)CCc1cc(N)ccc1Cl. The van der Waals surface area contributed by atoms with Gasteiger partial charge in [-0.2, -0.15) is 0 Å². The average Bonchev–Trinajstić information content (AvgIpc) is 2.17. The molecule has 0 bridgehead atoms. The number of nitrogen functional groups attached to an aromatic ring is 1. The summed E-state index contributed by atoms with van der Waals surface area (Å²) in [6, 6.07) is 5.26. The van der Waals surface area contributed by atoms with Crippen LogP contribution in [0, 0.1) is 0 Å². The molecule has 0 unspecified atom stereocenters. The number of anilines is 1. The van der Waals surface area contributed by atoms with Crippen molar-refractivity contribution in [1.82, 2.24) is 0 Å². The van der Waals surface area contributed by atoms with Crippen molar-refractivity contribution >= 4 is 23.3 Å². The molecule has 94 valence electrons. The van der Waals surface area contributed by atoms with Gasteiger partial charge >= 0.3 is 5.97 Å². The number of ether oxygens (including phenoxy) is 1. The molecule has 0 spiro atoms. The summed E-state index contributed by atoms with van der Waals surface area (Å²) in [6.45, 7) is 5.54. The molecule has 0 aliphatic carbocycles. The lowest BCUT2D eigenvalue weighted by Gasteiger charge is -2.19. The van der Waals surface area contributed by atoms with Crippen molar-refractivity contribution in [3.63, 3.8) is 0 Å². The zero-order valence-corrected chi connectivity index (χ0v) is 11.2. The molecule has 2 N–H and O–H groups in total. The Balaban J connectivity index is 2.56. The zero-order valence-electron chi connectivity index (χ0n) is 10.4. The smallest absolute Gasteiger partial charge is 0.306 e. The Hall–Kier alpha value is -1.22. The van der Waals surface area contributed by atoms with Crippen LogP contribution in [0.2, 0.25) is 5.02 Å². The third-order valence-electron chi connectivity index (χ3n) is 2.09. The third-order valence-corrected chi connectivity index (χ3v) is 2.46. The number of esters is 1. The van der Waals surface area contributed by atoms with Crippen LogP contribution in [0.1, 0.15) is 32.8 Å². The van der Waals surface area contributed by atoms with Crippen LogP contribution in [0.25, 0.3) is 0 Å². The molecule has 0 aliphatic rings. The summed E-state index contributed by atoms with van der Waals surface area (Å²) in [5.41, 5.74) is 6.73. The van der Waals surface area contributed by atoms with E-state index < -0.39 is 5.60 Å². The first-order chi connectivity index (χ1) is 7.78. The quantitative estimate of drug-likeness (QED) is 0.667. The highest BCUT2D eigenvalue weighted by Crippen LogP contribution is 2.20. The summed E-state index contributed by atoms with van der Waals surface area (Å²) in [6.07, 6.45) is 0.846. The van der Waals surface area contributed by atoms with E-state index in [0.717, 1.165) is 5.56 Å². The van der Waals surface area contributed by atoms with E-state index in [1.54, 1.807) is 18.2 Å². The monoisotopic (exact) mass is 255 g/mol. The number of carbonyl (C=O) groups excluding carboxylic acids is 1. The Bertz CT molecular complexity index is 410. The van der Waals surface area contributed by atoms with Crippen LogP contribution in [0.15, 0.2) is 18.2 Å². The Morgan fingerprint density at radius 2 is 2.06 bits per heavy atom. The largest absolute Gasteiger partial charge is 0.460 e. The molecule has 1 aromatic rings. The Morgan fingerprint density at radius 3 is 2.65 bits per heavy atom. The van der Waals surface area contributed by atoms with Gasteiger partial charge in [0.05, 0.1) is 0 Å². The highest BCUT2D eigenvalue weighted by Gasteiger charge is 2.16. The van der Waals surface area contributed by atoms with Crippen LogP contribution in [-0.2, 0) is 16.0 Å². The fourth-order valence-corrected chi connectivity index (χ4v) is 1.63. The molecule has 17 heavy (non-hydrogen) atoms. The number of hydrogen-bond acceptors (Lipinski definition) is 3. The van der Waals surface area contributed by atoms with E-state index in [2.05, 4.69) is 0 Å². The number of benzene rings is 1. The normalized spacial score (nSPS) is 11.3. The molecule has 0 radical (unpaired) electrons. The van der Waals surface area contributed by atoms with Crippen LogP contribution in [0.5, 0.6) is 0 Å². The molecule has 0 saturated carbocycles. The number of halogens is 1. The van der Waals surface area contributed by atoms with Crippen molar-refractivity contribution in [1.29, 1.82) is 0 Å². The van der Waals surface area contributed by atoms with Gasteiger partial charge in [0.1, 0.15) is 5.60 Å². The third kappa shape index (κ3) is 5.09. The van der Waals surface area contributed by atoms with E-state index >= 15 is 0 Å². The van der Waals surface area contributed by atoms with Gasteiger partial charge in [0.2, 0.25) is 0 Å². The molecule has 1 aromatic carbocycles. The van der Waals surface area contributed by atoms with Crippen LogP contribution < -0.4 is 5.73 Å². The molecule has 0 saturated heterocycles. The molecule has 3 nitrogen and oxygen atoms in total. The molecule has 4 heteroatoms. The summed E-state index contributed by atoms with van der Waals surface area (Å²) in [5, 5.41) is 0.628. The van der Waals surface area contributed by atoms with Crippen molar-refractivity contribution in [2.45, 2.75) is 39.2 Å². The van der Waals surface area contributed by atoms with Gasteiger partial charge in [0.15, 0.2) is 0 Å². The molecular weight excluding hydrogens is 238 g/mol. The minimum absolute atomic E-state index is 0.226. The maximum Gasteiger partial charge on any atom is 0.306 e. The zero-order chi connectivity index (χ0) is 13.1. The first-order valence-electron chi connectivity index (χ1n) is 5.54. The molecule has 0 amide bonds. The van der Waals surface area contributed by atoms with Gasteiger partial charge in [-0.3, -0.25) is 4.79 Å². The Labute approximate surface area is 107 Å². The summed E-state index contributed by atoms with van der Waals surface area (Å²) in [5.74, 6) is -0.226. The number of carbonyl (C=O) groups is 1. The second-order valence-corrected chi connectivity index (χ2v) is 5.34. The van der Waals surface area contributed by atoms with Crippen molar-refractivity contribution in [2.75, 3.05) is 5.73 Å². The molecule has 0 atom stereocenters. The molecule has 0 fully saturated rings. The molecule has 0 aliphatic heterocycles. The van der Waals surface area contributed by atoms with Gasteiger partial charge in [-0.1, -0.05) is 11.6 Å². The van der Waals surface area contributed by atoms with Gasteiger partial charge in [0, 0.05) is 17.1 Å². The van der Waals surface area contributed by atoms with E-state index in [-0.39, 0.29) is 5.97 Å². The predicted molar refractivity (Wildman–Crippen MR) is 70.0 cm³/mol. The predicted octanol–water partition coefficient (Wildman–Crippen LogP) is 3.20. The Morgan fingerprint density at radius 1 is 1.41 bits per heavy atom. The lowest BCUT2D eigenvalue weighted by atomic mass is 10.1. The second-order valence-electron chi connectivity index (χ2n) is 4.94. The lowest BCUT2D eigenvalue weighted by molar-refractivity contribution is -0.154. The molecule has 0 aromatic heterocycles. The highest BCUT2D eigenvalue weighted by atomic mass is 35.5. The van der Waals surface area contributed by atoms with Gasteiger partial charge < -0.3 is 10.5 Å². The van der Waals surface area contributed by atoms with Crippen molar-refractivity contribution in [3.05, 3.63) is 28.8 Å². The maximum atomic E-state index is 11.5. The minimum atomic E-state index is -0.448. The maximum absolute atomic E-state index is 11.5.